The molecule has 0 aromatic carbocycles. The van der Waals surface area contributed by atoms with Crippen LogP contribution >= 0.6 is 11.9 Å². The lowest BCUT2D eigenvalue weighted by Gasteiger charge is -2.08. The van der Waals surface area contributed by atoms with E-state index in [9.17, 15) is 0 Å². The molecule has 3 atom stereocenters. The second kappa shape index (κ2) is 3.51. The zero-order valence-corrected chi connectivity index (χ0v) is 10.1. The van der Waals surface area contributed by atoms with Gasteiger partial charge in [-0.2, -0.15) is 4.09 Å². The average Bonchev–Trinajstić information content (AvgIpc) is 2.67. The second-order valence-electron chi connectivity index (χ2n) is 4.80. The van der Waals surface area contributed by atoms with E-state index in [2.05, 4.69) is 23.5 Å². The fourth-order valence-corrected chi connectivity index (χ4v) is 3.62. The van der Waals surface area contributed by atoms with Crippen LogP contribution in [0, 0.1) is 17.8 Å². The number of aromatic nitrogens is 3. The van der Waals surface area contributed by atoms with Crippen molar-refractivity contribution in [3.63, 3.8) is 0 Å². The van der Waals surface area contributed by atoms with E-state index < -0.39 is 0 Å². The number of aryl methyl sites for hydroxylation is 1. The van der Waals surface area contributed by atoms with Gasteiger partial charge in [-0.25, -0.2) is 0 Å². The van der Waals surface area contributed by atoms with Gasteiger partial charge in [0.05, 0.1) is 11.4 Å². The van der Waals surface area contributed by atoms with Gasteiger partial charge in [-0.1, -0.05) is 12.1 Å². The molecule has 82 valence electrons. The fourth-order valence-electron chi connectivity index (χ4n) is 3.09. The maximum absolute atomic E-state index is 4.30. The largest absolute Gasteiger partial charge is 0.191 e. The average molecular weight is 223 g/mol. The summed E-state index contributed by atoms with van der Waals surface area (Å²) in [7, 11) is 0. The predicted molar refractivity (Wildman–Crippen MR) is 61.7 cm³/mol. The minimum Gasteiger partial charge on any atom is -0.191 e. The molecule has 0 radical (unpaired) electrons. The Morgan fingerprint density at radius 3 is 2.73 bits per heavy atom. The first-order chi connectivity index (χ1) is 7.31. The van der Waals surface area contributed by atoms with E-state index in [1.807, 2.05) is 4.09 Å². The van der Waals surface area contributed by atoms with Gasteiger partial charge in [0.25, 0.3) is 0 Å². The summed E-state index contributed by atoms with van der Waals surface area (Å²) < 4.78 is 2.00. The topological polar surface area (TPSA) is 30.7 Å². The van der Waals surface area contributed by atoms with Gasteiger partial charge in [-0.3, -0.25) is 0 Å². The normalized spacial score (nSPS) is 33.9. The zero-order chi connectivity index (χ0) is 10.4. The van der Waals surface area contributed by atoms with Crippen molar-refractivity contribution in [2.24, 2.45) is 17.8 Å². The summed E-state index contributed by atoms with van der Waals surface area (Å²) in [5, 5.41) is 8.49. The van der Waals surface area contributed by atoms with E-state index >= 15 is 0 Å². The van der Waals surface area contributed by atoms with Crippen LogP contribution in [0.25, 0.3) is 0 Å². The van der Waals surface area contributed by atoms with Gasteiger partial charge in [0, 0.05) is 6.26 Å². The zero-order valence-electron chi connectivity index (χ0n) is 9.31. The van der Waals surface area contributed by atoms with E-state index in [4.69, 9.17) is 0 Å². The van der Waals surface area contributed by atoms with Crippen LogP contribution in [0.15, 0.2) is 0 Å². The summed E-state index contributed by atoms with van der Waals surface area (Å²) >= 11 is 1.66. The standard InChI is InChI=1S/C11H17N3S/c1-7-8-3-5-10-11(6-4-9(7)8)14(15-2)13-12-10/h7-9H,3-6H2,1-2H3. The minimum absolute atomic E-state index is 0.963. The summed E-state index contributed by atoms with van der Waals surface area (Å²) in [6.07, 6.45) is 7.05. The Kier molecular flexibility index (Phi) is 2.27. The van der Waals surface area contributed by atoms with Crippen LogP contribution < -0.4 is 0 Å². The molecule has 0 N–H and O–H groups in total. The SMILES string of the molecule is CSn1nnc2c1CCC1C(C)C1CC2. The van der Waals surface area contributed by atoms with Gasteiger partial charge >= 0.3 is 0 Å². The first-order valence-corrected chi connectivity index (χ1v) is 6.97. The van der Waals surface area contributed by atoms with Gasteiger partial charge in [-0.05, 0) is 55.4 Å². The van der Waals surface area contributed by atoms with Gasteiger partial charge in [0.15, 0.2) is 0 Å². The molecule has 1 heterocycles. The number of fused-ring (bicyclic) bond motifs is 2. The van der Waals surface area contributed by atoms with Crippen LogP contribution in [0.1, 0.15) is 31.2 Å². The molecule has 0 saturated heterocycles. The quantitative estimate of drug-likeness (QED) is 0.731. The summed E-state index contributed by atoms with van der Waals surface area (Å²) in [4.78, 5) is 0. The van der Waals surface area contributed by atoms with Gasteiger partial charge in [-0.15, -0.1) is 5.10 Å². The Bertz CT molecular complexity index is 374. The lowest BCUT2D eigenvalue weighted by Crippen LogP contribution is -2.04. The lowest BCUT2D eigenvalue weighted by atomic mass is 10.0. The molecule has 1 fully saturated rings. The van der Waals surface area contributed by atoms with Crippen molar-refractivity contribution in [3.8, 4) is 0 Å². The molecule has 1 aromatic heterocycles. The maximum Gasteiger partial charge on any atom is 0.0870 e. The Labute approximate surface area is 94.8 Å². The Hall–Kier alpha value is -0.510. The van der Waals surface area contributed by atoms with Crippen molar-refractivity contribution in [2.45, 2.75) is 32.6 Å². The van der Waals surface area contributed by atoms with Crippen LogP contribution in [-0.4, -0.2) is 20.7 Å². The highest BCUT2D eigenvalue weighted by Crippen LogP contribution is 2.52. The van der Waals surface area contributed by atoms with Crippen LogP contribution in [0.5, 0.6) is 0 Å². The molecule has 15 heavy (non-hydrogen) atoms. The molecular formula is C11H17N3S. The summed E-state index contributed by atoms with van der Waals surface area (Å²) in [6.45, 7) is 2.40. The van der Waals surface area contributed by atoms with Crippen molar-refractivity contribution < 1.29 is 0 Å². The number of hydrogen-bond acceptors (Lipinski definition) is 3. The molecule has 4 heteroatoms. The lowest BCUT2D eigenvalue weighted by molar-refractivity contribution is 0.577. The maximum atomic E-state index is 4.30. The fraction of sp³-hybridized carbons (Fsp3) is 0.818. The molecule has 3 rings (SSSR count). The number of nitrogens with zero attached hydrogens (tertiary/aromatic N) is 3. The molecule has 2 aliphatic carbocycles. The third-order valence-electron chi connectivity index (χ3n) is 4.17. The highest BCUT2D eigenvalue weighted by Gasteiger charge is 2.46. The molecule has 2 aliphatic rings. The smallest absolute Gasteiger partial charge is 0.0870 e. The van der Waals surface area contributed by atoms with Crippen molar-refractivity contribution in [2.75, 3.05) is 6.26 Å². The minimum atomic E-state index is 0.963. The van der Waals surface area contributed by atoms with Crippen molar-refractivity contribution in [1.82, 2.24) is 14.4 Å². The van der Waals surface area contributed by atoms with Crippen LogP contribution in [0.3, 0.4) is 0 Å². The van der Waals surface area contributed by atoms with Gasteiger partial charge in [0.1, 0.15) is 0 Å². The number of hydrogen-bond donors (Lipinski definition) is 0. The van der Waals surface area contributed by atoms with Gasteiger partial charge < -0.3 is 0 Å². The molecular weight excluding hydrogens is 206 g/mol. The Morgan fingerprint density at radius 1 is 1.27 bits per heavy atom. The summed E-state index contributed by atoms with van der Waals surface area (Å²) in [6, 6.07) is 0. The van der Waals surface area contributed by atoms with Crippen molar-refractivity contribution in [3.05, 3.63) is 11.4 Å². The molecule has 0 aliphatic heterocycles. The van der Waals surface area contributed by atoms with Gasteiger partial charge in [0.2, 0.25) is 0 Å². The van der Waals surface area contributed by atoms with Crippen LogP contribution in [0.2, 0.25) is 0 Å². The highest BCUT2D eigenvalue weighted by atomic mass is 32.2. The molecule has 3 nitrogen and oxygen atoms in total. The Morgan fingerprint density at radius 2 is 2.00 bits per heavy atom. The number of rotatable bonds is 1. The molecule has 0 amide bonds. The molecule has 1 aromatic rings. The summed E-state index contributed by atoms with van der Waals surface area (Å²) in [5.74, 6) is 2.94. The first kappa shape index (κ1) is 9.70. The molecule has 0 bridgehead atoms. The van der Waals surface area contributed by atoms with Crippen molar-refractivity contribution in [1.29, 1.82) is 0 Å². The third kappa shape index (κ3) is 1.50. The third-order valence-corrected chi connectivity index (χ3v) is 4.81. The highest BCUT2D eigenvalue weighted by molar-refractivity contribution is 7.97. The van der Waals surface area contributed by atoms with E-state index in [1.165, 1.54) is 30.7 Å². The molecule has 0 spiro atoms. The monoisotopic (exact) mass is 223 g/mol. The summed E-state index contributed by atoms with van der Waals surface area (Å²) in [5.41, 5.74) is 2.63. The van der Waals surface area contributed by atoms with E-state index in [-0.39, 0.29) is 0 Å². The Balaban J connectivity index is 1.85. The van der Waals surface area contributed by atoms with E-state index in [0.29, 0.717) is 0 Å². The second-order valence-corrected chi connectivity index (χ2v) is 5.51. The predicted octanol–water partition coefficient (Wildman–Crippen LogP) is 2.17. The van der Waals surface area contributed by atoms with E-state index in [1.54, 1.807) is 11.9 Å². The molecule has 1 saturated carbocycles. The van der Waals surface area contributed by atoms with E-state index in [0.717, 1.165) is 24.2 Å². The first-order valence-electron chi connectivity index (χ1n) is 5.79. The van der Waals surface area contributed by atoms with Crippen LogP contribution in [0.4, 0.5) is 0 Å². The molecule has 3 unspecified atom stereocenters. The van der Waals surface area contributed by atoms with Crippen molar-refractivity contribution >= 4 is 11.9 Å². The van der Waals surface area contributed by atoms with Crippen LogP contribution in [-0.2, 0) is 12.8 Å².